The monoisotopic (exact) mass is 310 g/mol. The summed E-state index contributed by atoms with van der Waals surface area (Å²) >= 11 is 1.86. The molecule has 4 heteroatoms. The molecule has 1 fully saturated rings. The Morgan fingerprint density at radius 3 is 2.90 bits per heavy atom. The van der Waals surface area contributed by atoms with E-state index in [-0.39, 0.29) is 5.60 Å². The average molecular weight is 311 g/mol. The van der Waals surface area contributed by atoms with Gasteiger partial charge in [0.05, 0.1) is 5.69 Å². The minimum atomic E-state index is -0.120. The van der Waals surface area contributed by atoms with Crippen LogP contribution in [0.2, 0.25) is 0 Å². The number of aryl methyl sites for hydroxylation is 1. The van der Waals surface area contributed by atoms with Gasteiger partial charge in [-0.25, -0.2) is 4.98 Å². The van der Waals surface area contributed by atoms with E-state index < -0.39 is 0 Å². The van der Waals surface area contributed by atoms with Crippen molar-refractivity contribution in [3.8, 4) is 0 Å². The van der Waals surface area contributed by atoms with Crippen LogP contribution in [0.25, 0.3) is 0 Å². The van der Waals surface area contributed by atoms with Gasteiger partial charge in [0.15, 0.2) is 0 Å². The molecule has 0 aromatic carbocycles. The Balaban J connectivity index is 2.18. The predicted octanol–water partition coefficient (Wildman–Crippen LogP) is 4.39. The highest BCUT2D eigenvalue weighted by Crippen LogP contribution is 2.44. The highest BCUT2D eigenvalue weighted by Gasteiger charge is 2.40. The number of nitrogens with one attached hydrogen (secondary N) is 1. The summed E-state index contributed by atoms with van der Waals surface area (Å²) < 4.78 is 6.25. The van der Waals surface area contributed by atoms with E-state index in [0.717, 1.165) is 38.5 Å². The molecular formula is C17H30N2OS. The maximum atomic E-state index is 6.25. The molecule has 1 saturated carbocycles. The summed E-state index contributed by atoms with van der Waals surface area (Å²) in [5.41, 5.74) is 1.06. The van der Waals surface area contributed by atoms with Crippen LogP contribution >= 0.6 is 11.3 Å². The third kappa shape index (κ3) is 4.05. The van der Waals surface area contributed by atoms with E-state index in [2.05, 4.69) is 33.0 Å². The lowest BCUT2D eigenvalue weighted by Gasteiger charge is -2.38. The highest BCUT2D eigenvalue weighted by molar-refractivity contribution is 7.11. The van der Waals surface area contributed by atoms with Crippen LogP contribution in [0.1, 0.15) is 68.5 Å². The SMILES string of the molecule is CCCNCc1sc(C2(OCC)CCCC(C)C2)nc1C. The molecular weight excluding hydrogens is 280 g/mol. The number of ether oxygens (including phenoxy) is 1. The molecule has 1 aromatic rings. The van der Waals surface area contributed by atoms with Crippen molar-refractivity contribution in [1.29, 1.82) is 0 Å². The lowest BCUT2D eigenvalue weighted by Crippen LogP contribution is -2.35. The fourth-order valence-electron chi connectivity index (χ4n) is 3.33. The Morgan fingerprint density at radius 2 is 2.24 bits per heavy atom. The van der Waals surface area contributed by atoms with E-state index in [9.17, 15) is 0 Å². The summed E-state index contributed by atoms with van der Waals surface area (Å²) in [5.74, 6) is 0.733. The molecule has 1 aromatic heterocycles. The van der Waals surface area contributed by atoms with E-state index in [1.807, 2.05) is 11.3 Å². The van der Waals surface area contributed by atoms with Crippen molar-refractivity contribution in [3.05, 3.63) is 15.6 Å². The van der Waals surface area contributed by atoms with Crippen molar-refractivity contribution in [2.45, 2.75) is 71.9 Å². The summed E-state index contributed by atoms with van der Waals surface area (Å²) in [7, 11) is 0. The molecule has 0 bridgehead atoms. The van der Waals surface area contributed by atoms with Gasteiger partial charge in [0.1, 0.15) is 10.6 Å². The molecule has 1 aliphatic carbocycles. The molecule has 3 nitrogen and oxygen atoms in total. The second-order valence-corrected chi connectivity index (χ2v) is 7.42. The van der Waals surface area contributed by atoms with Gasteiger partial charge in [0.2, 0.25) is 0 Å². The Hall–Kier alpha value is -0.450. The molecule has 2 rings (SSSR count). The van der Waals surface area contributed by atoms with E-state index in [1.54, 1.807) is 0 Å². The molecule has 1 aliphatic rings. The predicted molar refractivity (Wildman–Crippen MR) is 89.8 cm³/mol. The van der Waals surface area contributed by atoms with Crippen LogP contribution in [0, 0.1) is 12.8 Å². The number of hydrogen-bond acceptors (Lipinski definition) is 4. The van der Waals surface area contributed by atoms with Crippen molar-refractivity contribution in [3.63, 3.8) is 0 Å². The second-order valence-electron chi connectivity index (χ2n) is 6.33. The maximum Gasteiger partial charge on any atom is 0.125 e. The summed E-state index contributed by atoms with van der Waals surface area (Å²) in [6.07, 6.45) is 5.99. The molecule has 0 saturated heterocycles. The first kappa shape index (κ1) is 16.9. The van der Waals surface area contributed by atoms with Gasteiger partial charge < -0.3 is 10.1 Å². The Morgan fingerprint density at radius 1 is 1.43 bits per heavy atom. The Bertz CT molecular complexity index is 442. The first-order valence-electron chi connectivity index (χ1n) is 8.42. The molecule has 2 atom stereocenters. The average Bonchev–Trinajstić information content (AvgIpc) is 2.82. The molecule has 120 valence electrons. The summed E-state index contributed by atoms with van der Waals surface area (Å²) in [5, 5.41) is 4.70. The molecule has 0 radical (unpaired) electrons. The maximum absolute atomic E-state index is 6.25. The van der Waals surface area contributed by atoms with E-state index in [4.69, 9.17) is 9.72 Å². The van der Waals surface area contributed by atoms with Crippen LogP contribution in [0.5, 0.6) is 0 Å². The first-order chi connectivity index (χ1) is 10.1. The normalized spacial score (nSPS) is 26.2. The zero-order valence-corrected chi connectivity index (χ0v) is 14.8. The Kier molecular flexibility index (Phi) is 6.20. The number of aromatic nitrogens is 1. The molecule has 0 aliphatic heterocycles. The third-order valence-corrected chi connectivity index (χ3v) is 5.71. The molecule has 0 spiro atoms. The third-order valence-electron chi connectivity index (χ3n) is 4.37. The van der Waals surface area contributed by atoms with E-state index >= 15 is 0 Å². The van der Waals surface area contributed by atoms with Crippen molar-refractivity contribution in [1.82, 2.24) is 10.3 Å². The lowest BCUT2D eigenvalue weighted by atomic mass is 9.79. The summed E-state index contributed by atoms with van der Waals surface area (Å²) in [4.78, 5) is 6.26. The number of nitrogens with zero attached hydrogens (tertiary/aromatic N) is 1. The van der Waals surface area contributed by atoms with Gasteiger partial charge in [-0.2, -0.15) is 0 Å². The van der Waals surface area contributed by atoms with Crippen LogP contribution in [0.4, 0.5) is 0 Å². The number of rotatable bonds is 7. The van der Waals surface area contributed by atoms with Crippen molar-refractivity contribution in [2.75, 3.05) is 13.2 Å². The van der Waals surface area contributed by atoms with Gasteiger partial charge in [-0.1, -0.05) is 20.3 Å². The van der Waals surface area contributed by atoms with Crippen molar-refractivity contribution >= 4 is 11.3 Å². The number of thiazole rings is 1. The topological polar surface area (TPSA) is 34.1 Å². The van der Waals surface area contributed by atoms with Crippen LogP contribution < -0.4 is 5.32 Å². The van der Waals surface area contributed by atoms with Crippen LogP contribution in [0.3, 0.4) is 0 Å². The standard InChI is InChI=1S/C17H30N2OS/c1-5-10-18-12-15-14(4)19-16(21-15)17(20-6-2)9-7-8-13(3)11-17/h13,18H,5-12H2,1-4H3. The van der Waals surface area contributed by atoms with Gasteiger partial charge >= 0.3 is 0 Å². The van der Waals surface area contributed by atoms with Gasteiger partial charge in [0.25, 0.3) is 0 Å². The van der Waals surface area contributed by atoms with Gasteiger partial charge in [-0.15, -0.1) is 11.3 Å². The first-order valence-corrected chi connectivity index (χ1v) is 9.24. The van der Waals surface area contributed by atoms with Crippen molar-refractivity contribution < 1.29 is 4.74 Å². The largest absolute Gasteiger partial charge is 0.368 e. The minimum Gasteiger partial charge on any atom is -0.368 e. The van der Waals surface area contributed by atoms with Gasteiger partial charge in [0, 0.05) is 18.0 Å². The molecule has 21 heavy (non-hydrogen) atoms. The zero-order chi connectivity index (χ0) is 15.3. The minimum absolute atomic E-state index is 0.120. The molecule has 1 N–H and O–H groups in total. The van der Waals surface area contributed by atoms with Crippen LogP contribution in [-0.2, 0) is 16.9 Å². The van der Waals surface area contributed by atoms with Gasteiger partial charge in [-0.3, -0.25) is 0 Å². The fraction of sp³-hybridized carbons (Fsp3) is 0.824. The van der Waals surface area contributed by atoms with Crippen LogP contribution in [-0.4, -0.2) is 18.1 Å². The lowest BCUT2D eigenvalue weighted by molar-refractivity contribution is -0.0821. The summed E-state index contributed by atoms with van der Waals surface area (Å²) in [6.45, 7) is 11.6. The molecule has 2 unspecified atom stereocenters. The quantitative estimate of drug-likeness (QED) is 0.758. The van der Waals surface area contributed by atoms with E-state index in [1.165, 1.54) is 34.8 Å². The van der Waals surface area contributed by atoms with E-state index in [0.29, 0.717) is 0 Å². The second kappa shape index (κ2) is 7.70. The number of hydrogen-bond donors (Lipinski definition) is 1. The van der Waals surface area contributed by atoms with Crippen molar-refractivity contribution in [2.24, 2.45) is 5.92 Å². The highest BCUT2D eigenvalue weighted by atomic mass is 32.1. The molecule has 0 amide bonds. The van der Waals surface area contributed by atoms with Gasteiger partial charge in [-0.05, 0) is 52.0 Å². The Labute approximate surface area is 133 Å². The zero-order valence-electron chi connectivity index (χ0n) is 14.0. The smallest absolute Gasteiger partial charge is 0.125 e. The van der Waals surface area contributed by atoms with Crippen LogP contribution in [0.15, 0.2) is 0 Å². The summed E-state index contributed by atoms with van der Waals surface area (Å²) in [6, 6.07) is 0. The molecule has 1 heterocycles. The fourth-order valence-corrected chi connectivity index (χ4v) is 4.55.